The number of hydrogen-bond acceptors (Lipinski definition) is 3. The van der Waals surface area contributed by atoms with Crippen LogP contribution in [0.25, 0.3) is 0 Å². The molecule has 0 bridgehead atoms. The molecule has 0 fully saturated rings. The lowest BCUT2D eigenvalue weighted by Gasteiger charge is -2.11. The van der Waals surface area contributed by atoms with Gasteiger partial charge in [0.1, 0.15) is 5.82 Å². The average molecular weight is 340 g/mol. The first-order chi connectivity index (χ1) is 9.49. The molecule has 6 heteroatoms. The van der Waals surface area contributed by atoms with Crippen LogP contribution in [0.5, 0.6) is 0 Å². The Kier molecular flexibility index (Phi) is 4.46. The maximum Gasteiger partial charge on any atom is 0.274 e. The summed E-state index contributed by atoms with van der Waals surface area (Å²) in [4.78, 5) is 10.4. The van der Waals surface area contributed by atoms with Crippen LogP contribution < -0.4 is 0 Å². The molecule has 0 heterocycles. The van der Waals surface area contributed by atoms with E-state index in [9.17, 15) is 19.6 Å². The van der Waals surface area contributed by atoms with Gasteiger partial charge in [0.2, 0.25) is 0 Å². The Balaban J connectivity index is 2.33. The van der Waals surface area contributed by atoms with E-state index in [1.54, 1.807) is 30.3 Å². The van der Waals surface area contributed by atoms with Crippen molar-refractivity contribution in [3.05, 3.63) is 74.0 Å². The monoisotopic (exact) mass is 339 g/mol. The molecule has 0 spiro atoms. The molecule has 1 N–H and O–H groups in total. The Hall–Kier alpha value is -1.79. The van der Waals surface area contributed by atoms with Crippen molar-refractivity contribution in [2.24, 2.45) is 0 Å². The normalized spacial score (nSPS) is 12.2. The van der Waals surface area contributed by atoms with Gasteiger partial charge in [0.15, 0.2) is 0 Å². The van der Waals surface area contributed by atoms with Gasteiger partial charge >= 0.3 is 0 Å². The molecule has 2 aromatic carbocycles. The molecule has 20 heavy (non-hydrogen) atoms. The van der Waals surface area contributed by atoms with Gasteiger partial charge in [0.05, 0.1) is 15.5 Å². The summed E-state index contributed by atoms with van der Waals surface area (Å²) in [6.07, 6.45) is -0.944. The zero-order chi connectivity index (χ0) is 14.7. The van der Waals surface area contributed by atoms with Gasteiger partial charge in [-0.25, -0.2) is 4.39 Å². The lowest BCUT2D eigenvalue weighted by molar-refractivity contribution is -0.385. The van der Waals surface area contributed by atoms with Gasteiger partial charge in [-0.3, -0.25) is 10.1 Å². The summed E-state index contributed by atoms with van der Waals surface area (Å²) in [6, 6.07) is 10.9. The summed E-state index contributed by atoms with van der Waals surface area (Å²) in [6.45, 7) is 0. The van der Waals surface area contributed by atoms with Crippen LogP contribution in [0, 0.1) is 15.9 Å². The molecule has 2 rings (SSSR count). The quantitative estimate of drug-likeness (QED) is 0.681. The van der Waals surface area contributed by atoms with Crippen molar-refractivity contribution in [1.29, 1.82) is 0 Å². The molecule has 1 unspecified atom stereocenters. The van der Waals surface area contributed by atoms with Crippen LogP contribution in [0.2, 0.25) is 0 Å². The molecule has 0 saturated heterocycles. The fourth-order valence-electron chi connectivity index (χ4n) is 1.91. The molecule has 104 valence electrons. The fraction of sp³-hybridized carbons (Fsp3) is 0.143. The van der Waals surface area contributed by atoms with Crippen molar-refractivity contribution >= 4 is 21.6 Å². The highest BCUT2D eigenvalue weighted by molar-refractivity contribution is 9.10. The van der Waals surface area contributed by atoms with Gasteiger partial charge < -0.3 is 5.11 Å². The van der Waals surface area contributed by atoms with Crippen LogP contribution in [-0.4, -0.2) is 10.0 Å². The van der Waals surface area contributed by atoms with E-state index in [0.717, 1.165) is 12.1 Å². The smallest absolute Gasteiger partial charge is 0.274 e. The molecule has 0 radical (unpaired) electrons. The topological polar surface area (TPSA) is 63.4 Å². The Morgan fingerprint density at radius 1 is 1.30 bits per heavy atom. The third-order valence-corrected chi connectivity index (χ3v) is 3.52. The van der Waals surface area contributed by atoms with Crippen LogP contribution in [0.4, 0.5) is 10.1 Å². The number of aliphatic hydroxyl groups excluding tert-OH is 1. The Labute approximate surface area is 123 Å². The Morgan fingerprint density at radius 2 is 1.95 bits per heavy atom. The number of nitro groups is 1. The molecule has 0 aliphatic rings. The van der Waals surface area contributed by atoms with E-state index in [2.05, 4.69) is 15.9 Å². The number of aliphatic hydroxyl groups is 1. The van der Waals surface area contributed by atoms with Gasteiger partial charge in [-0.15, -0.1) is 0 Å². The summed E-state index contributed by atoms with van der Waals surface area (Å²) in [5.74, 6) is -0.592. The summed E-state index contributed by atoms with van der Waals surface area (Å²) in [5, 5.41) is 21.1. The van der Waals surface area contributed by atoms with E-state index in [4.69, 9.17) is 0 Å². The highest BCUT2D eigenvalue weighted by atomic mass is 79.9. The minimum atomic E-state index is -0.921. The Bertz CT molecular complexity index is 634. The molecular formula is C14H11BrFNO3. The molecule has 0 amide bonds. The lowest BCUT2D eigenvalue weighted by atomic mass is 10.0. The van der Waals surface area contributed by atoms with E-state index in [0.29, 0.717) is 5.56 Å². The number of benzene rings is 2. The molecule has 1 atom stereocenters. The second kappa shape index (κ2) is 6.11. The second-order valence-corrected chi connectivity index (χ2v) is 5.14. The highest BCUT2D eigenvalue weighted by Gasteiger charge is 2.20. The van der Waals surface area contributed by atoms with E-state index in [1.165, 1.54) is 0 Å². The zero-order valence-electron chi connectivity index (χ0n) is 10.3. The maximum absolute atomic E-state index is 13.5. The SMILES string of the molecule is O=[N+]([O-])c1cc(Br)c(F)cc1CC(O)c1ccccc1. The number of nitro benzene ring substituents is 1. The first kappa shape index (κ1) is 14.6. The fourth-order valence-corrected chi connectivity index (χ4v) is 2.24. The zero-order valence-corrected chi connectivity index (χ0v) is 11.9. The van der Waals surface area contributed by atoms with Gasteiger partial charge in [0.25, 0.3) is 5.69 Å². The van der Waals surface area contributed by atoms with Crippen molar-refractivity contribution < 1.29 is 14.4 Å². The van der Waals surface area contributed by atoms with Crippen LogP contribution in [0.1, 0.15) is 17.2 Å². The number of rotatable bonds is 4. The standard InChI is InChI=1S/C14H11BrFNO3/c15-11-8-13(17(19)20)10(6-12(11)16)7-14(18)9-4-2-1-3-5-9/h1-6,8,14,18H,7H2. The third kappa shape index (κ3) is 3.20. The van der Waals surface area contributed by atoms with Gasteiger partial charge in [-0.05, 0) is 27.6 Å². The number of nitrogens with zero attached hydrogens (tertiary/aromatic N) is 1. The van der Waals surface area contributed by atoms with E-state index >= 15 is 0 Å². The molecular weight excluding hydrogens is 329 g/mol. The average Bonchev–Trinajstić information content (AvgIpc) is 2.43. The number of hydrogen-bond donors (Lipinski definition) is 1. The number of halogens is 2. The first-order valence-electron chi connectivity index (χ1n) is 5.84. The van der Waals surface area contributed by atoms with Crippen LogP contribution in [-0.2, 0) is 6.42 Å². The molecule has 0 aliphatic carbocycles. The summed E-state index contributed by atoms with van der Waals surface area (Å²) >= 11 is 2.92. The van der Waals surface area contributed by atoms with E-state index < -0.39 is 16.8 Å². The van der Waals surface area contributed by atoms with Crippen molar-refractivity contribution in [3.63, 3.8) is 0 Å². The van der Waals surface area contributed by atoms with Crippen LogP contribution >= 0.6 is 15.9 Å². The van der Waals surface area contributed by atoms with Gasteiger partial charge in [-0.1, -0.05) is 30.3 Å². The third-order valence-electron chi connectivity index (χ3n) is 2.92. The van der Waals surface area contributed by atoms with Crippen molar-refractivity contribution in [1.82, 2.24) is 0 Å². The van der Waals surface area contributed by atoms with Crippen molar-refractivity contribution in [2.75, 3.05) is 0 Å². The second-order valence-electron chi connectivity index (χ2n) is 4.28. The molecule has 4 nitrogen and oxygen atoms in total. The van der Waals surface area contributed by atoms with E-state index in [1.807, 2.05) is 0 Å². The minimum absolute atomic E-state index is 0.0233. The van der Waals surface area contributed by atoms with E-state index in [-0.39, 0.29) is 22.1 Å². The predicted molar refractivity (Wildman–Crippen MR) is 75.9 cm³/mol. The summed E-state index contributed by atoms with van der Waals surface area (Å²) in [7, 11) is 0. The summed E-state index contributed by atoms with van der Waals surface area (Å²) < 4.78 is 13.6. The highest BCUT2D eigenvalue weighted by Crippen LogP contribution is 2.30. The van der Waals surface area contributed by atoms with Crippen molar-refractivity contribution in [3.8, 4) is 0 Å². The van der Waals surface area contributed by atoms with Crippen LogP contribution in [0.3, 0.4) is 0 Å². The summed E-state index contributed by atoms with van der Waals surface area (Å²) in [5.41, 5.74) is 0.574. The minimum Gasteiger partial charge on any atom is -0.388 e. The van der Waals surface area contributed by atoms with Crippen LogP contribution in [0.15, 0.2) is 46.9 Å². The molecule has 0 aliphatic heterocycles. The Morgan fingerprint density at radius 3 is 2.55 bits per heavy atom. The van der Waals surface area contributed by atoms with Gasteiger partial charge in [0, 0.05) is 18.1 Å². The predicted octanol–water partition coefficient (Wildman–Crippen LogP) is 3.77. The maximum atomic E-state index is 13.5. The largest absolute Gasteiger partial charge is 0.388 e. The molecule has 2 aromatic rings. The van der Waals surface area contributed by atoms with Gasteiger partial charge in [-0.2, -0.15) is 0 Å². The molecule has 0 saturated carbocycles. The van der Waals surface area contributed by atoms with Crippen molar-refractivity contribution in [2.45, 2.75) is 12.5 Å². The first-order valence-corrected chi connectivity index (χ1v) is 6.63. The lowest BCUT2D eigenvalue weighted by Crippen LogP contribution is -2.05. The molecule has 0 aromatic heterocycles.